The predicted molar refractivity (Wildman–Crippen MR) is 174 cm³/mol. The zero-order valence-electron chi connectivity index (χ0n) is 27.0. The van der Waals surface area contributed by atoms with Crippen molar-refractivity contribution in [1.29, 1.82) is 0 Å². The molecule has 0 unspecified atom stereocenters. The first-order chi connectivity index (χ1) is 21.4. The smallest absolute Gasteiger partial charge is 0.262 e. The molecule has 2 aliphatic heterocycles. The van der Waals surface area contributed by atoms with E-state index in [9.17, 15) is 14.7 Å². The Morgan fingerprint density at radius 1 is 0.844 bits per heavy atom. The molecular weight excluding hydrogens is 586 g/mol. The number of rotatable bonds is 12. The minimum Gasteiger partial charge on any atom is -0.391 e. The molecule has 0 radical (unpaired) electrons. The normalized spacial score (nSPS) is 23.9. The summed E-state index contributed by atoms with van der Waals surface area (Å²) < 4.78 is 26.1. The molecule has 0 bridgehead atoms. The number of ether oxygens (including phenoxy) is 3. The van der Waals surface area contributed by atoms with Crippen molar-refractivity contribution in [2.45, 2.75) is 89.7 Å². The first kappa shape index (κ1) is 33.2. The maximum atomic E-state index is 13.9. The van der Waals surface area contributed by atoms with E-state index in [0.29, 0.717) is 23.7 Å². The van der Waals surface area contributed by atoms with E-state index in [1.807, 2.05) is 60.7 Å². The molecule has 5 rings (SSSR count). The van der Waals surface area contributed by atoms with Gasteiger partial charge >= 0.3 is 0 Å². The fraction of sp³-hybridized carbons (Fsp3) is 0.444. The van der Waals surface area contributed by atoms with Gasteiger partial charge in [-0.15, -0.1) is 0 Å². The van der Waals surface area contributed by atoms with Crippen LogP contribution in [0.5, 0.6) is 0 Å². The molecule has 0 aromatic heterocycles. The van der Waals surface area contributed by atoms with E-state index < -0.39 is 50.8 Å². The number of aliphatic hydroxyl groups excluding tert-OH is 1. The molecule has 1 N–H and O–H groups in total. The molecule has 1 saturated heterocycles. The van der Waals surface area contributed by atoms with Crippen LogP contribution in [0.15, 0.2) is 84.9 Å². The Morgan fingerprint density at radius 3 is 1.89 bits per heavy atom. The summed E-state index contributed by atoms with van der Waals surface area (Å²) in [5.41, 5.74) is 2.50. The van der Waals surface area contributed by atoms with Crippen LogP contribution in [0.1, 0.15) is 59.5 Å². The van der Waals surface area contributed by atoms with Crippen LogP contribution in [0.25, 0.3) is 0 Å². The number of hydrogen-bond donors (Lipinski definition) is 1. The first-order valence-electron chi connectivity index (χ1n) is 15.7. The van der Waals surface area contributed by atoms with Gasteiger partial charge in [0.05, 0.1) is 30.9 Å². The fourth-order valence-corrected chi connectivity index (χ4v) is 8.32. The molecule has 3 aromatic rings. The second-order valence-corrected chi connectivity index (χ2v) is 17.9. The zero-order valence-corrected chi connectivity index (χ0v) is 28.0. The van der Waals surface area contributed by atoms with Crippen LogP contribution in [0.2, 0.25) is 18.1 Å². The average molecular weight is 632 g/mol. The van der Waals surface area contributed by atoms with Crippen LogP contribution in [0.4, 0.5) is 0 Å². The van der Waals surface area contributed by atoms with E-state index >= 15 is 0 Å². The molecule has 8 nitrogen and oxygen atoms in total. The Kier molecular flexibility index (Phi) is 10.1. The third kappa shape index (κ3) is 6.84. The lowest BCUT2D eigenvalue weighted by atomic mass is 9.95. The van der Waals surface area contributed by atoms with Crippen molar-refractivity contribution in [3.05, 3.63) is 107 Å². The Bertz CT molecular complexity index is 1430. The van der Waals surface area contributed by atoms with Gasteiger partial charge in [0.2, 0.25) is 0 Å². The summed E-state index contributed by atoms with van der Waals surface area (Å²) in [6.07, 6.45) is -4.12. The highest BCUT2D eigenvalue weighted by Crippen LogP contribution is 2.46. The monoisotopic (exact) mass is 631 g/mol. The number of benzene rings is 3. The van der Waals surface area contributed by atoms with Crippen molar-refractivity contribution >= 4 is 20.1 Å². The summed E-state index contributed by atoms with van der Waals surface area (Å²) in [5.74, 6) is -0.624. The zero-order chi connectivity index (χ0) is 32.4. The van der Waals surface area contributed by atoms with Gasteiger partial charge < -0.3 is 23.7 Å². The lowest BCUT2D eigenvalue weighted by molar-refractivity contribution is -0.271. The number of carbonyl (C=O) groups is 2. The van der Waals surface area contributed by atoms with Crippen molar-refractivity contribution in [2.75, 3.05) is 6.61 Å². The van der Waals surface area contributed by atoms with Gasteiger partial charge in [0.1, 0.15) is 24.4 Å². The lowest BCUT2D eigenvalue weighted by Crippen LogP contribution is -2.68. The SMILES string of the molecule is CC(C)C(C)(C)[Si](C)(C)O[C@@H]1O[C@H](COCc2ccccc2)[C@@H](O)[C@H](OCc2ccccc2)[C@H]1N1C(=O)c2ccccc2C1=O. The molecule has 3 aromatic carbocycles. The van der Waals surface area contributed by atoms with Gasteiger partial charge in [0.15, 0.2) is 14.6 Å². The van der Waals surface area contributed by atoms with E-state index in [4.69, 9.17) is 18.6 Å². The Morgan fingerprint density at radius 2 is 1.36 bits per heavy atom. The molecule has 5 atom stereocenters. The number of nitrogens with zero attached hydrogens (tertiary/aromatic N) is 1. The summed E-state index contributed by atoms with van der Waals surface area (Å²) in [6, 6.07) is 25.1. The molecule has 9 heteroatoms. The predicted octanol–water partition coefficient (Wildman–Crippen LogP) is 6.20. The molecule has 0 spiro atoms. The number of carbonyl (C=O) groups excluding carboxylic acids is 2. The molecule has 0 saturated carbocycles. The van der Waals surface area contributed by atoms with Gasteiger partial charge in [-0.3, -0.25) is 14.5 Å². The third-order valence-electron chi connectivity index (χ3n) is 9.85. The van der Waals surface area contributed by atoms with Crippen molar-refractivity contribution in [3.63, 3.8) is 0 Å². The van der Waals surface area contributed by atoms with E-state index in [2.05, 4.69) is 40.8 Å². The van der Waals surface area contributed by atoms with E-state index in [1.165, 1.54) is 4.90 Å². The van der Waals surface area contributed by atoms with Crippen LogP contribution in [0.3, 0.4) is 0 Å². The van der Waals surface area contributed by atoms with Crippen molar-refractivity contribution in [1.82, 2.24) is 4.90 Å². The van der Waals surface area contributed by atoms with E-state index in [0.717, 1.165) is 11.1 Å². The summed E-state index contributed by atoms with van der Waals surface area (Å²) >= 11 is 0. The maximum Gasteiger partial charge on any atom is 0.262 e. The first-order valence-corrected chi connectivity index (χ1v) is 18.6. The standard InChI is InChI=1S/C36H45NO7Si/c1-24(2)36(3,4)45(5,6)44-35-30(37-33(39)27-19-13-14-20-28(27)34(37)40)32(42-22-26-17-11-8-12-18-26)31(38)29(43-35)23-41-21-25-15-9-7-10-16-25/h7-20,24,29-32,35,38H,21-23H2,1-6H3/t29-,30-,31-,32-,35+/m1/s1. The number of hydrogen-bond acceptors (Lipinski definition) is 7. The van der Waals surface area contributed by atoms with Crippen LogP contribution in [-0.4, -0.2) is 67.4 Å². The van der Waals surface area contributed by atoms with Crippen LogP contribution < -0.4 is 0 Å². The highest BCUT2D eigenvalue weighted by Gasteiger charge is 2.57. The number of aliphatic hydroxyl groups is 1. The molecule has 1 fully saturated rings. The third-order valence-corrected chi connectivity index (χ3v) is 14.4. The minimum absolute atomic E-state index is 0.0610. The quantitative estimate of drug-likeness (QED) is 0.188. The molecular formula is C36H45NO7Si. The van der Waals surface area contributed by atoms with Crippen LogP contribution >= 0.6 is 0 Å². The largest absolute Gasteiger partial charge is 0.391 e. The highest BCUT2D eigenvalue weighted by atomic mass is 28.4. The van der Waals surface area contributed by atoms with Crippen molar-refractivity contribution < 1.29 is 33.3 Å². The molecule has 240 valence electrons. The molecule has 2 aliphatic rings. The molecule has 2 heterocycles. The van der Waals surface area contributed by atoms with Gasteiger partial charge in [-0.05, 0) is 47.3 Å². The summed E-state index contributed by atoms with van der Waals surface area (Å²) in [4.78, 5) is 29.0. The van der Waals surface area contributed by atoms with Crippen molar-refractivity contribution in [2.24, 2.45) is 5.92 Å². The molecule has 2 amide bonds. The average Bonchev–Trinajstić information content (AvgIpc) is 3.27. The Balaban J connectivity index is 1.52. The van der Waals surface area contributed by atoms with Crippen molar-refractivity contribution in [3.8, 4) is 0 Å². The van der Waals surface area contributed by atoms with E-state index in [-0.39, 0.29) is 18.3 Å². The lowest BCUT2D eigenvalue weighted by Gasteiger charge is -2.51. The van der Waals surface area contributed by atoms with Gasteiger partial charge in [-0.1, -0.05) is 100 Å². The van der Waals surface area contributed by atoms with Crippen LogP contribution in [0, 0.1) is 5.92 Å². The van der Waals surface area contributed by atoms with Crippen LogP contribution in [-0.2, 0) is 31.9 Å². The maximum absolute atomic E-state index is 13.9. The summed E-state index contributed by atoms with van der Waals surface area (Å²) in [5, 5.41) is 11.7. The van der Waals surface area contributed by atoms with Gasteiger partial charge in [0.25, 0.3) is 11.8 Å². The second-order valence-electron chi connectivity index (χ2n) is 13.3. The Labute approximate surface area is 267 Å². The number of imide groups is 1. The van der Waals surface area contributed by atoms with Gasteiger partial charge in [0, 0.05) is 0 Å². The Hall–Kier alpha value is -3.18. The number of fused-ring (bicyclic) bond motifs is 1. The summed E-state index contributed by atoms with van der Waals surface area (Å²) in [6.45, 7) is 13.5. The van der Waals surface area contributed by atoms with E-state index in [1.54, 1.807) is 24.3 Å². The second kappa shape index (κ2) is 13.7. The number of amides is 2. The molecule has 0 aliphatic carbocycles. The fourth-order valence-electron chi connectivity index (χ4n) is 5.85. The highest BCUT2D eigenvalue weighted by molar-refractivity contribution is 6.74. The van der Waals surface area contributed by atoms with Gasteiger partial charge in [-0.2, -0.15) is 0 Å². The minimum atomic E-state index is -2.60. The molecule has 45 heavy (non-hydrogen) atoms. The topological polar surface area (TPSA) is 94.5 Å². The summed E-state index contributed by atoms with van der Waals surface area (Å²) in [7, 11) is -2.60. The van der Waals surface area contributed by atoms with Gasteiger partial charge in [-0.25, -0.2) is 0 Å².